The maximum Gasteiger partial charge on any atom is 0.311 e. The lowest BCUT2D eigenvalue weighted by Crippen LogP contribution is -2.22. The summed E-state index contributed by atoms with van der Waals surface area (Å²) >= 11 is 0. The maximum absolute atomic E-state index is 11.8. The van der Waals surface area contributed by atoms with Crippen molar-refractivity contribution in [2.45, 2.75) is 27.4 Å². The Hall–Kier alpha value is -2.43. The fourth-order valence-electron chi connectivity index (χ4n) is 1.92. The molecule has 0 spiro atoms. The van der Waals surface area contributed by atoms with Crippen molar-refractivity contribution >= 4 is 22.4 Å². The van der Waals surface area contributed by atoms with E-state index in [1.54, 1.807) is 26.8 Å². The van der Waals surface area contributed by atoms with Crippen LogP contribution in [-0.4, -0.2) is 10.9 Å². The van der Waals surface area contributed by atoms with E-state index in [1.807, 2.05) is 24.3 Å². The summed E-state index contributed by atoms with van der Waals surface area (Å²) in [7, 11) is 0. The Morgan fingerprint density at radius 1 is 1.19 bits per heavy atom. The topological polar surface area (TPSA) is 69.4 Å². The lowest BCUT2D eigenvalue weighted by Gasteiger charge is -2.16. The molecular formula is C16H17NO4. The van der Waals surface area contributed by atoms with Crippen LogP contribution in [0.5, 0.6) is 0 Å². The number of hydrogen-bond acceptors (Lipinski definition) is 4. The quantitative estimate of drug-likeness (QED) is 0.488. The van der Waals surface area contributed by atoms with Gasteiger partial charge in [-0.3, -0.25) is 14.9 Å². The Morgan fingerprint density at radius 3 is 2.29 bits per heavy atom. The second-order valence-electron chi connectivity index (χ2n) is 5.91. The van der Waals surface area contributed by atoms with Crippen LogP contribution in [0, 0.1) is 15.5 Å². The van der Waals surface area contributed by atoms with E-state index in [0.29, 0.717) is 5.56 Å². The van der Waals surface area contributed by atoms with Crippen LogP contribution >= 0.6 is 0 Å². The van der Waals surface area contributed by atoms with Crippen LogP contribution in [0.2, 0.25) is 0 Å². The van der Waals surface area contributed by atoms with Crippen LogP contribution in [0.15, 0.2) is 36.4 Å². The van der Waals surface area contributed by atoms with Crippen molar-refractivity contribution in [1.29, 1.82) is 0 Å². The predicted octanol–water partition coefficient (Wildman–Crippen LogP) is 3.84. The maximum atomic E-state index is 11.8. The van der Waals surface area contributed by atoms with E-state index < -0.39 is 10.3 Å². The Balaban J connectivity index is 2.35. The average Bonchev–Trinajstić information content (AvgIpc) is 2.42. The highest BCUT2D eigenvalue weighted by atomic mass is 16.6. The zero-order valence-electron chi connectivity index (χ0n) is 12.3. The summed E-state index contributed by atoms with van der Waals surface area (Å²) < 4.78 is 5.19. The fourth-order valence-corrected chi connectivity index (χ4v) is 1.92. The van der Waals surface area contributed by atoms with Crippen LogP contribution in [0.25, 0.3) is 10.8 Å². The van der Waals surface area contributed by atoms with Gasteiger partial charge in [-0.25, -0.2) is 0 Å². The molecule has 0 heterocycles. The third-order valence-electron chi connectivity index (χ3n) is 3.11. The first-order valence-electron chi connectivity index (χ1n) is 6.62. The average molecular weight is 287 g/mol. The molecule has 0 aliphatic rings. The Labute approximate surface area is 122 Å². The first kappa shape index (κ1) is 15.0. The number of rotatable bonds is 3. The number of carbonyl (C=O) groups is 1. The summed E-state index contributed by atoms with van der Waals surface area (Å²) in [5.74, 6) is -0.384. The minimum atomic E-state index is -0.633. The smallest absolute Gasteiger partial charge is 0.311 e. The zero-order valence-corrected chi connectivity index (χ0v) is 12.3. The van der Waals surface area contributed by atoms with Crippen molar-refractivity contribution in [2.24, 2.45) is 5.41 Å². The van der Waals surface area contributed by atoms with Gasteiger partial charge in [-0.15, -0.1) is 0 Å². The number of nitrogens with zero attached hydrogens (tertiary/aromatic N) is 1. The van der Waals surface area contributed by atoms with Crippen LogP contribution in [0.1, 0.15) is 26.3 Å². The van der Waals surface area contributed by atoms with Gasteiger partial charge in [0.25, 0.3) is 5.69 Å². The summed E-state index contributed by atoms with van der Waals surface area (Å²) in [6, 6.07) is 10.6. The van der Waals surface area contributed by atoms with Crippen molar-refractivity contribution < 1.29 is 14.5 Å². The van der Waals surface area contributed by atoms with Crippen molar-refractivity contribution in [3.8, 4) is 0 Å². The van der Waals surface area contributed by atoms with Gasteiger partial charge in [-0.2, -0.15) is 0 Å². The first-order valence-corrected chi connectivity index (χ1v) is 6.62. The van der Waals surface area contributed by atoms with Gasteiger partial charge in [-0.05, 0) is 37.6 Å². The van der Waals surface area contributed by atoms with Crippen LogP contribution in [0.3, 0.4) is 0 Å². The zero-order chi connectivity index (χ0) is 15.6. The fraction of sp³-hybridized carbons (Fsp3) is 0.312. The highest BCUT2D eigenvalue weighted by Gasteiger charge is 2.24. The lowest BCUT2D eigenvalue weighted by atomic mass is 9.97. The second kappa shape index (κ2) is 5.52. The summed E-state index contributed by atoms with van der Waals surface area (Å²) in [5, 5.41) is 12.8. The van der Waals surface area contributed by atoms with E-state index in [4.69, 9.17) is 4.74 Å². The monoisotopic (exact) mass is 287 g/mol. The number of nitro groups is 1. The van der Waals surface area contributed by atoms with Gasteiger partial charge in [0, 0.05) is 6.07 Å². The summed E-state index contributed by atoms with van der Waals surface area (Å²) in [5.41, 5.74) is -0.266. The summed E-state index contributed by atoms with van der Waals surface area (Å²) in [6.07, 6.45) is 0. The van der Waals surface area contributed by atoms with E-state index >= 15 is 0 Å². The molecular weight excluding hydrogens is 270 g/mol. The molecule has 110 valence electrons. The Morgan fingerprint density at radius 2 is 1.76 bits per heavy atom. The lowest BCUT2D eigenvalue weighted by molar-refractivity contribution is -0.385. The number of carbonyl (C=O) groups excluding carboxylic acids is 1. The normalized spacial score (nSPS) is 11.4. The molecule has 0 unspecified atom stereocenters. The molecule has 0 amide bonds. The van der Waals surface area contributed by atoms with E-state index in [2.05, 4.69) is 0 Å². The van der Waals surface area contributed by atoms with E-state index in [0.717, 1.165) is 10.8 Å². The van der Waals surface area contributed by atoms with Crippen LogP contribution in [-0.2, 0) is 16.1 Å². The highest BCUT2D eigenvalue weighted by Crippen LogP contribution is 2.27. The largest absolute Gasteiger partial charge is 0.460 e. The van der Waals surface area contributed by atoms with Gasteiger partial charge in [0.2, 0.25) is 0 Å². The number of hydrogen-bond donors (Lipinski definition) is 0. The summed E-state index contributed by atoms with van der Waals surface area (Å²) in [6.45, 7) is 5.12. The molecule has 0 aromatic heterocycles. The molecule has 2 aromatic rings. The van der Waals surface area contributed by atoms with Crippen molar-refractivity contribution in [1.82, 2.24) is 0 Å². The van der Waals surface area contributed by atoms with Crippen molar-refractivity contribution in [3.05, 3.63) is 52.1 Å². The number of fused-ring (bicyclic) bond motifs is 1. The Kier molecular flexibility index (Phi) is 3.93. The van der Waals surface area contributed by atoms with Crippen LogP contribution in [0.4, 0.5) is 5.69 Å². The molecule has 0 saturated heterocycles. The molecule has 0 atom stereocenters. The molecule has 21 heavy (non-hydrogen) atoms. The van der Waals surface area contributed by atoms with Crippen molar-refractivity contribution in [2.75, 3.05) is 0 Å². The molecule has 0 aliphatic heterocycles. The van der Waals surface area contributed by atoms with Gasteiger partial charge in [0.15, 0.2) is 0 Å². The number of nitro benzene ring substituents is 1. The molecule has 5 heteroatoms. The molecule has 0 radical (unpaired) electrons. The molecule has 0 aliphatic carbocycles. The standard InChI is InChI=1S/C16H17NO4/c1-16(2,3)15(18)21-10-13-8-11-6-4-5-7-12(11)9-14(13)17(19)20/h4-9H,10H2,1-3H3. The highest BCUT2D eigenvalue weighted by molar-refractivity contribution is 5.86. The summed E-state index contributed by atoms with van der Waals surface area (Å²) in [4.78, 5) is 22.5. The predicted molar refractivity (Wildman–Crippen MR) is 79.9 cm³/mol. The van der Waals surface area contributed by atoms with Gasteiger partial charge in [0.05, 0.1) is 15.9 Å². The first-order chi connectivity index (χ1) is 9.79. The minimum absolute atomic E-state index is 0.0320. The second-order valence-corrected chi connectivity index (χ2v) is 5.91. The molecule has 0 bridgehead atoms. The van der Waals surface area contributed by atoms with Gasteiger partial charge in [-0.1, -0.05) is 24.3 Å². The molecule has 2 aromatic carbocycles. The SMILES string of the molecule is CC(C)(C)C(=O)OCc1cc2ccccc2cc1[N+](=O)[O-]. The number of benzene rings is 2. The van der Waals surface area contributed by atoms with E-state index in [-0.39, 0.29) is 18.3 Å². The number of esters is 1. The van der Waals surface area contributed by atoms with Crippen molar-refractivity contribution in [3.63, 3.8) is 0 Å². The van der Waals surface area contributed by atoms with Crippen LogP contribution < -0.4 is 0 Å². The van der Waals surface area contributed by atoms with Gasteiger partial charge >= 0.3 is 5.97 Å². The van der Waals surface area contributed by atoms with Gasteiger partial charge < -0.3 is 4.74 Å². The van der Waals surface area contributed by atoms with E-state index in [1.165, 1.54) is 6.07 Å². The third-order valence-corrected chi connectivity index (χ3v) is 3.11. The molecule has 0 fully saturated rings. The molecule has 0 N–H and O–H groups in total. The third kappa shape index (κ3) is 3.37. The van der Waals surface area contributed by atoms with Gasteiger partial charge in [0.1, 0.15) is 6.61 Å². The molecule has 2 rings (SSSR count). The minimum Gasteiger partial charge on any atom is -0.460 e. The molecule has 0 saturated carbocycles. The molecule has 5 nitrogen and oxygen atoms in total. The Bertz CT molecular complexity index is 701. The van der Waals surface area contributed by atoms with E-state index in [9.17, 15) is 14.9 Å². The number of ether oxygens (including phenoxy) is 1.